The topological polar surface area (TPSA) is 43.2 Å². The Hall–Kier alpha value is -1.88. The molecule has 0 aromatic carbocycles. The number of pyridine rings is 1. The van der Waals surface area contributed by atoms with Gasteiger partial charge < -0.3 is 9.64 Å². The van der Waals surface area contributed by atoms with Crippen molar-refractivity contribution in [3.8, 4) is 5.88 Å². The van der Waals surface area contributed by atoms with E-state index in [0.29, 0.717) is 6.04 Å². The smallest absolute Gasteiger partial charge is 0.213 e. The van der Waals surface area contributed by atoms with Crippen molar-refractivity contribution in [3.05, 3.63) is 42.9 Å². The maximum Gasteiger partial charge on any atom is 0.213 e. The molecule has 0 N–H and O–H groups in total. The van der Waals surface area contributed by atoms with E-state index in [1.54, 1.807) is 6.20 Å². The van der Waals surface area contributed by atoms with Crippen molar-refractivity contribution in [3.63, 3.8) is 0 Å². The summed E-state index contributed by atoms with van der Waals surface area (Å²) in [6.07, 6.45) is 9.39. The molecule has 4 atom stereocenters. The van der Waals surface area contributed by atoms with E-state index in [1.165, 1.54) is 26.1 Å². The molecular formula is C21H30N4O. The van der Waals surface area contributed by atoms with E-state index >= 15 is 0 Å². The summed E-state index contributed by atoms with van der Waals surface area (Å²) in [6.45, 7) is 8.29. The molecule has 26 heavy (non-hydrogen) atoms. The third kappa shape index (κ3) is 3.93. The summed E-state index contributed by atoms with van der Waals surface area (Å²) in [5, 5.41) is 4.53. The summed E-state index contributed by atoms with van der Waals surface area (Å²) in [7, 11) is 0. The van der Waals surface area contributed by atoms with E-state index < -0.39 is 0 Å². The summed E-state index contributed by atoms with van der Waals surface area (Å²) in [5.41, 5.74) is 0. The van der Waals surface area contributed by atoms with Gasteiger partial charge in [0.2, 0.25) is 5.88 Å². The van der Waals surface area contributed by atoms with Crippen LogP contribution in [-0.2, 0) is 0 Å². The molecule has 1 aliphatic heterocycles. The predicted molar refractivity (Wildman–Crippen MR) is 102 cm³/mol. The number of nitrogens with zero attached hydrogens (tertiary/aromatic N) is 4. The maximum absolute atomic E-state index is 6.34. The van der Waals surface area contributed by atoms with Crippen molar-refractivity contribution in [1.82, 2.24) is 19.7 Å². The van der Waals surface area contributed by atoms with Crippen molar-refractivity contribution < 1.29 is 4.74 Å². The van der Waals surface area contributed by atoms with Gasteiger partial charge in [-0.1, -0.05) is 19.9 Å². The van der Waals surface area contributed by atoms with Crippen LogP contribution in [0, 0.1) is 17.8 Å². The quantitative estimate of drug-likeness (QED) is 0.794. The van der Waals surface area contributed by atoms with Gasteiger partial charge in [-0.2, -0.15) is 5.10 Å². The van der Waals surface area contributed by atoms with Crippen LogP contribution in [0.5, 0.6) is 5.88 Å². The van der Waals surface area contributed by atoms with E-state index in [1.807, 2.05) is 30.5 Å². The van der Waals surface area contributed by atoms with E-state index in [-0.39, 0.29) is 6.10 Å². The zero-order valence-corrected chi connectivity index (χ0v) is 15.9. The van der Waals surface area contributed by atoms with Gasteiger partial charge in [0.05, 0.1) is 6.04 Å². The summed E-state index contributed by atoms with van der Waals surface area (Å²) >= 11 is 0. The number of rotatable bonds is 6. The predicted octanol–water partition coefficient (Wildman–Crippen LogP) is 3.65. The normalized spacial score (nSPS) is 29.0. The number of hydrogen-bond donors (Lipinski definition) is 0. The van der Waals surface area contributed by atoms with Gasteiger partial charge in [-0.3, -0.25) is 4.68 Å². The highest BCUT2D eigenvalue weighted by molar-refractivity contribution is 5.11. The fraction of sp³-hybridized carbons (Fsp3) is 0.619. The van der Waals surface area contributed by atoms with Crippen LogP contribution < -0.4 is 4.74 Å². The maximum atomic E-state index is 6.34. The Balaban J connectivity index is 1.48. The first-order valence-electron chi connectivity index (χ1n) is 9.98. The van der Waals surface area contributed by atoms with Gasteiger partial charge in [0.25, 0.3) is 0 Å². The fourth-order valence-electron chi connectivity index (χ4n) is 4.56. The van der Waals surface area contributed by atoms with Crippen LogP contribution in [0.3, 0.4) is 0 Å². The van der Waals surface area contributed by atoms with Crippen LogP contribution in [0.2, 0.25) is 0 Å². The lowest BCUT2D eigenvalue weighted by Gasteiger charge is -2.37. The molecule has 140 valence electrons. The zero-order valence-electron chi connectivity index (χ0n) is 15.9. The molecule has 2 aromatic heterocycles. The molecule has 3 heterocycles. The highest BCUT2D eigenvalue weighted by Gasteiger charge is 2.44. The first-order chi connectivity index (χ1) is 12.7. The first-order valence-corrected chi connectivity index (χ1v) is 9.98. The molecule has 1 saturated carbocycles. The van der Waals surface area contributed by atoms with Crippen molar-refractivity contribution in [2.75, 3.05) is 19.6 Å². The second kappa shape index (κ2) is 7.78. The number of fused-ring (bicyclic) bond motifs is 1. The van der Waals surface area contributed by atoms with Crippen LogP contribution >= 0.6 is 0 Å². The minimum Gasteiger partial charge on any atom is -0.472 e. The third-order valence-corrected chi connectivity index (χ3v) is 5.96. The second-order valence-electron chi connectivity index (χ2n) is 8.31. The van der Waals surface area contributed by atoms with Crippen molar-refractivity contribution >= 4 is 0 Å². The van der Waals surface area contributed by atoms with E-state index in [9.17, 15) is 0 Å². The van der Waals surface area contributed by atoms with E-state index in [4.69, 9.17) is 4.74 Å². The molecular weight excluding hydrogens is 324 g/mol. The lowest BCUT2D eigenvalue weighted by atomic mass is 9.77. The van der Waals surface area contributed by atoms with Crippen LogP contribution in [0.25, 0.3) is 0 Å². The SMILES string of the molecule is CC(C)CCN1C[C@H]2C[C@H](Oc3ccccn3)[C@@H](n3cccn3)C[C@H]2C1. The molecule has 0 amide bonds. The Morgan fingerprint density at radius 2 is 1.96 bits per heavy atom. The van der Waals surface area contributed by atoms with Gasteiger partial charge in [-0.15, -0.1) is 0 Å². The Morgan fingerprint density at radius 3 is 2.65 bits per heavy atom. The number of aromatic nitrogens is 3. The van der Waals surface area contributed by atoms with Gasteiger partial charge in [0.15, 0.2) is 0 Å². The monoisotopic (exact) mass is 354 g/mol. The van der Waals surface area contributed by atoms with Gasteiger partial charge >= 0.3 is 0 Å². The van der Waals surface area contributed by atoms with Gasteiger partial charge in [-0.05, 0) is 55.7 Å². The third-order valence-electron chi connectivity index (χ3n) is 5.96. The lowest BCUT2D eigenvalue weighted by Crippen LogP contribution is -2.40. The summed E-state index contributed by atoms with van der Waals surface area (Å²) < 4.78 is 8.44. The Labute approximate surface area is 156 Å². The molecule has 0 spiro atoms. The number of ether oxygens (including phenoxy) is 1. The van der Waals surface area contributed by atoms with E-state index in [0.717, 1.165) is 36.5 Å². The highest BCUT2D eigenvalue weighted by Crippen LogP contribution is 2.42. The average Bonchev–Trinajstić information content (AvgIpc) is 3.29. The second-order valence-corrected chi connectivity index (χ2v) is 8.31. The first kappa shape index (κ1) is 17.5. The number of hydrogen-bond acceptors (Lipinski definition) is 4. The Morgan fingerprint density at radius 1 is 1.12 bits per heavy atom. The molecule has 0 unspecified atom stereocenters. The number of likely N-dealkylation sites (tertiary alicyclic amines) is 1. The van der Waals surface area contributed by atoms with E-state index in [2.05, 4.69) is 39.7 Å². The van der Waals surface area contributed by atoms with Gasteiger partial charge in [-0.25, -0.2) is 4.98 Å². The molecule has 5 heteroatoms. The lowest BCUT2D eigenvalue weighted by molar-refractivity contribution is 0.0459. The summed E-state index contributed by atoms with van der Waals surface area (Å²) in [6, 6.07) is 8.17. The molecule has 5 nitrogen and oxygen atoms in total. The molecule has 2 aromatic rings. The van der Waals surface area contributed by atoms with Crippen molar-refractivity contribution in [2.45, 2.75) is 45.3 Å². The van der Waals surface area contributed by atoms with Gasteiger partial charge in [0, 0.05) is 37.7 Å². The van der Waals surface area contributed by atoms with Crippen LogP contribution in [-0.4, -0.2) is 45.4 Å². The minimum atomic E-state index is 0.135. The molecule has 4 rings (SSSR count). The van der Waals surface area contributed by atoms with Crippen molar-refractivity contribution in [1.29, 1.82) is 0 Å². The highest BCUT2D eigenvalue weighted by atomic mass is 16.5. The summed E-state index contributed by atoms with van der Waals surface area (Å²) in [5.74, 6) is 2.97. The summed E-state index contributed by atoms with van der Waals surface area (Å²) in [4.78, 5) is 7.04. The fourth-order valence-corrected chi connectivity index (χ4v) is 4.56. The van der Waals surface area contributed by atoms with Crippen LogP contribution in [0.1, 0.15) is 39.2 Å². The molecule has 1 saturated heterocycles. The minimum absolute atomic E-state index is 0.135. The van der Waals surface area contributed by atoms with Crippen LogP contribution in [0.4, 0.5) is 0 Å². The molecule has 2 fully saturated rings. The standard InChI is InChI=1S/C21H30N4O/c1-16(2)7-11-24-14-17-12-19(25-10-5-9-23-25)20(13-18(17)15-24)26-21-6-3-4-8-22-21/h3-6,8-10,16-20H,7,11-15H2,1-2H3/t17-,18+,19-,20-/m0/s1. The largest absolute Gasteiger partial charge is 0.472 e. The van der Waals surface area contributed by atoms with Crippen LogP contribution in [0.15, 0.2) is 42.9 Å². The van der Waals surface area contributed by atoms with Crippen molar-refractivity contribution in [2.24, 2.45) is 17.8 Å². The molecule has 0 radical (unpaired) electrons. The Kier molecular flexibility index (Phi) is 5.25. The zero-order chi connectivity index (χ0) is 17.9. The average molecular weight is 354 g/mol. The molecule has 1 aliphatic carbocycles. The Bertz CT molecular complexity index is 673. The molecule has 0 bridgehead atoms. The molecule has 2 aliphatic rings. The van der Waals surface area contributed by atoms with Gasteiger partial charge in [0.1, 0.15) is 6.10 Å².